The second kappa shape index (κ2) is 19.2. The Bertz CT molecular complexity index is 1260. The smallest absolute Gasteiger partial charge is 0.293 e. The van der Waals surface area contributed by atoms with Gasteiger partial charge in [-0.1, -0.05) is 6.92 Å². The number of amides is 1. The number of rotatable bonds is 17. The summed E-state index contributed by atoms with van der Waals surface area (Å²) in [6, 6.07) is 8.21. The zero-order valence-corrected chi connectivity index (χ0v) is 29.0. The number of benzene rings is 1. The minimum atomic E-state index is -0.421. The van der Waals surface area contributed by atoms with Gasteiger partial charge in [0.15, 0.2) is 0 Å². The third kappa shape index (κ3) is 11.2. The Morgan fingerprint density at radius 1 is 1.10 bits per heavy atom. The first-order chi connectivity index (χ1) is 23.3. The number of nitrogens with zero attached hydrogens (tertiary/aromatic N) is 3. The fourth-order valence-corrected chi connectivity index (χ4v) is 6.94. The van der Waals surface area contributed by atoms with Crippen molar-refractivity contribution in [2.75, 3.05) is 59.7 Å². The van der Waals surface area contributed by atoms with Gasteiger partial charge >= 0.3 is 0 Å². The Balaban J connectivity index is 0.000000508. The van der Waals surface area contributed by atoms with E-state index in [-0.39, 0.29) is 12.4 Å². The van der Waals surface area contributed by atoms with Crippen LogP contribution in [-0.4, -0.2) is 104 Å². The normalized spacial score (nSPS) is 20.8. The first kappa shape index (κ1) is 37.7. The van der Waals surface area contributed by atoms with Gasteiger partial charge in [-0.05, 0) is 94.2 Å². The molecular weight excluding hydrogens is 615 g/mol. The molecule has 11 heteroatoms. The molecule has 1 aliphatic heterocycles. The first-order valence-corrected chi connectivity index (χ1v) is 17.6. The number of hydrogen-bond donors (Lipinski definition) is 2. The van der Waals surface area contributed by atoms with Crippen LogP contribution in [0.1, 0.15) is 82.3 Å². The minimum absolute atomic E-state index is 0.0289. The van der Waals surface area contributed by atoms with Crippen LogP contribution in [0.25, 0.3) is 11.3 Å². The van der Waals surface area contributed by atoms with Crippen LogP contribution in [-0.2, 0) is 25.6 Å². The molecule has 2 aromatic rings. The summed E-state index contributed by atoms with van der Waals surface area (Å²) in [5.41, 5.74) is 3.88. The molecule has 0 atom stereocenters. The average Bonchev–Trinajstić information content (AvgIpc) is 3.93. The van der Waals surface area contributed by atoms with E-state index < -0.39 is 5.60 Å². The van der Waals surface area contributed by atoms with Crippen molar-refractivity contribution in [2.45, 2.75) is 89.3 Å². The maximum absolute atomic E-state index is 13.6. The van der Waals surface area contributed by atoms with Gasteiger partial charge in [0, 0.05) is 62.7 Å². The van der Waals surface area contributed by atoms with Crippen molar-refractivity contribution in [2.24, 2.45) is 5.92 Å². The first-order valence-electron chi connectivity index (χ1n) is 17.6. The van der Waals surface area contributed by atoms with Crippen LogP contribution in [0.4, 0.5) is 4.39 Å². The second-order valence-corrected chi connectivity index (χ2v) is 13.5. The number of aliphatic hydroxyl groups is 1. The van der Waals surface area contributed by atoms with Crippen molar-refractivity contribution in [3.63, 3.8) is 0 Å². The van der Waals surface area contributed by atoms with Gasteiger partial charge < -0.3 is 24.6 Å². The molecular formula is C37H55FN4O6. The molecule has 48 heavy (non-hydrogen) atoms. The Hall–Kier alpha value is -3.12. The highest BCUT2D eigenvalue weighted by atomic mass is 19.1. The van der Waals surface area contributed by atoms with Crippen LogP contribution in [0.2, 0.25) is 0 Å². The van der Waals surface area contributed by atoms with E-state index in [2.05, 4.69) is 46.2 Å². The van der Waals surface area contributed by atoms with E-state index in [1.165, 1.54) is 61.9 Å². The van der Waals surface area contributed by atoms with Gasteiger partial charge in [-0.2, -0.15) is 0 Å². The number of aliphatic hydroxyl groups excluding tert-OH is 1. The molecule has 0 bridgehead atoms. The van der Waals surface area contributed by atoms with Gasteiger partial charge in [-0.25, -0.2) is 4.39 Å². The SMILES string of the molecule is CCOc1cc(-c2ccc(F)cn2)c(C2CC2)cc1CN1CCC(CN(C)C2CCC(C)CC2)(OC=O)CC1.O=CNCCOCCO. The number of aromatic nitrogens is 1. The average molecular weight is 671 g/mol. The number of pyridine rings is 1. The maximum Gasteiger partial charge on any atom is 0.293 e. The highest BCUT2D eigenvalue weighted by Gasteiger charge is 2.39. The molecule has 0 radical (unpaired) electrons. The Kier molecular flexibility index (Phi) is 15.1. The molecule has 2 heterocycles. The molecule has 2 saturated carbocycles. The minimum Gasteiger partial charge on any atom is -0.494 e. The number of carbonyl (C=O) groups is 2. The summed E-state index contributed by atoms with van der Waals surface area (Å²) < 4.78 is 30.3. The lowest BCUT2D eigenvalue weighted by molar-refractivity contribution is -0.152. The predicted molar refractivity (Wildman–Crippen MR) is 183 cm³/mol. The van der Waals surface area contributed by atoms with Gasteiger partial charge in [0.25, 0.3) is 6.47 Å². The lowest BCUT2D eigenvalue weighted by atomic mass is 9.85. The molecule has 1 aromatic carbocycles. The molecule has 5 rings (SSSR count). The number of piperidine rings is 1. The Morgan fingerprint density at radius 2 is 1.85 bits per heavy atom. The summed E-state index contributed by atoms with van der Waals surface area (Å²) >= 11 is 0. The van der Waals surface area contributed by atoms with E-state index in [0.717, 1.165) is 61.9 Å². The monoisotopic (exact) mass is 670 g/mol. The molecule has 1 saturated heterocycles. The molecule has 2 aliphatic carbocycles. The van der Waals surface area contributed by atoms with Crippen LogP contribution in [0.15, 0.2) is 30.5 Å². The zero-order chi connectivity index (χ0) is 34.4. The third-order valence-electron chi connectivity index (χ3n) is 9.87. The standard InChI is InChI=1S/C32H44FN3O3.C5H11NO3/c1-4-38-31-18-29(30-12-9-26(33)19-34-30)28(24-7-8-24)17-25(31)20-36-15-13-32(14-16-36,39-22-37)21-35(3)27-10-5-23(2)6-11-27;7-2-4-9-3-1-6-5-8/h9,12,17-19,22-24,27H,4-8,10-11,13-16,20-21H2,1-3H3;5,7H,1-4H2,(H,6,8). The summed E-state index contributed by atoms with van der Waals surface area (Å²) in [6.45, 7) is 10.2. The molecule has 2 N–H and O–H groups in total. The lowest BCUT2D eigenvalue weighted by Gasteiger charge is -2.44. The Morgan fingerprint density at radius 3 is 2.46 bits per heavy atom. The summed E-state index contributed by atoms with van der Waals surface area (Å²) in [4.78, 5) is 30.4. The fraction of sp³-hybridized carbons (Fsp3) is 0.649. The van der Waals surface area contributed by atoms with Crippen molar-refractivity contribution in [1.82, 2.24) is 20.1 Å². The predicted octanol–water partition coefficient (Wildman–Crippen LogP) is 4.92. The maximum atomic E-state index is 13.6. The largest absolute Gasteiger partial charge is 0.494 e. The number of ether oxygens (including phenoxy) is 3. The van der Waals surface area contributed by atoms with Crippen molar-refractivity contribution in [3.05, 3.63) is 47.4 Å². The van der Waals surface area contributed by atoms with Crippen LogP contribution in [0.5, 0.6) is 5.75 Å². The lowest BCUT2D eigenvalue weighted by Crippen LogP contribution is -2.53. The zero-order valence-electron chi connectivity index (χ0n) is 29.0. The van der Waals surface area contributed by atoms with Gasteiger partial charge in [-0.3, -0.25) is 24.4 Å². The molecule has 10 nitrogen and oxygen atoms in total. The number of halogens is 1. The van der Waals surface area contributed by atoms with Crippen molar-refractivity contribution in [3.8, 4) is 17.0 Å². The second-order valence-electron chi connectivity index (χ2n) is 13.5. The van der Waals surface area contributed by atoms with E-state index in [1.807, 2.05) is 6.92 Å². The molecule has 0 unspecified atom stereocenters. The summed E-state index contributed by atoms with van der Waals surface area (Å²) in [5, 5.41) is 10.6. The van der Waals surface area contributed by atoms with Crippen molar-refractivity contribution >= 4 is 12.9 Å². The highest BCUT2D eigenvalue weighted by Crippen LogP contribution is 2.46. The number of likely N-dealkylation sites (tertiary alicyclic amines) is 1. The van der Waals surface area contributed by atoms with Gasteiger partial charge in [0.1, 0.15) is 17.2 Å². The molecule has 3 aliphatic rings. The molecule has 1 aromatic heterocycles. The van der Waals surface area contributed by atoms with Crippen LogP contribution in [0, 0.1) is 11.7 Å². The molecule has 0 spiro atoms. The Labute approximate surface area is 285 Å². The van der Waals surface area contributed by atoms with Gasteiger partial charge in [0.05, 0.1) is 38.3 Å². The molecule has 266 valence electrons. The summed E-state index contributed by atoms with van der Waals surface area (Å²) in [5.74, 6) is 1.89. The topological polar surface area (TPSA) is 113 Å². The molecule has 1 amide bonds. The fourth-order valence-electron chi connectivity index (χ4n) is 6.94. The van der Waals surface area contributed by atoms with Crippen LogP contribution in [0.3, 0.4) is 0 Å². The molecule has 3 fully saturated rings. The van der Waals surface area contributed by atoms with E-state index in [0.29, 0.717) is 51.2 Å². The van der Waals surface area contributed by atoms with E-state index in [1.54, 1.807) is 6.07 Å². The van der Waals surface area contributed by atoms with E-state index in [9.17, 15) is 14.0 Å². The van der Waals surface area contributed by atoms with Crippen LogP contribution >= 0.6 is 0 Å². The van der Waals surface area contributed by atoms with Gasteiger partial charge in [0.2, 0.25) is 6.41 Å². The summed E-state index contributed by atoms with van der Waals surface area (Å²) in [6.07, 6.45) is 10.9. The summed E-state index contributed by atoms with van der Waals surface area (Å²) in [7, 11) is 2.20. The number of likely N-dealkylation sites (N-methyl/N-ethyl adjacent to an activating group) is 1. The number of nitrogens with one attached hydrogen (secondary N) is 1. The quantitative estimate of drug-likeness (QED) is 0.179. The third-order valence-corrected chi connectivity index (χ3v) is 9.87. The number of carbonyl (C=O) groups excluding carboxylic acids is 2. The number of hydrogen-bond acceptors (Lipinski definition) is 9. The van der Waals surface area contributed by atoms with E-state index >= 15 is 0 Å². The van der Waals surface area contributed by atoms with Gasteiger partial charge in [-0.15, -0.1) is 0 Å². The van der Waals surface area contributed by atoms with Crippen molar-refractivity contribution < 1.29 is 33.3 Å². The van der Waals surface area contributed by atoms with Crippen LogP contribution < -0.4 is 10.1 Å². The van der Waals surface area contributed by atoms with Crippen molar-refractivity contribution in [1.29, 1.82) is 0 Å². The highest BCUT2D eigenvalue weighted by molar-refractivity contribution is 5.68. The van der Waals surface area contributed by atoms with E-state index in [4.69, 9.17) is 19.3 Å².